The summed E-state index contributed by atoms with van der Waals surface area (Å²) in [4.78, 5) is 0. The van der Waals surface area contributed by atoms with Gasteiger partial charge in [0, 0.05) is 9.50 Å². The van der Waals surface area contributed by atoms with Crippen molar-refractivity contribution in [3.05, 3.63) is 67.4 Å². The Morgan fingerprint density at radius 1 is 1.16 bits per heavy atom. The molecule has 0 radical (unpaired) electrons. The maximum absolute atomic E-state index is 13.4. The Labute approximate surface area is 129 Å². The van der Waals surface area contributed by atoms with Gasteiger partial charge in [-0.3, -0.25) is 0 Å². The number of nitrogens with two attached hydrogens (primary N) is 1. The lowest BCUT2D eigenvalue weighted by atomic mass is 9.98. The van der Waals surface area contributed by atoms with Crippen molar-refractivity contribution in [3.63, 3.8) is 0 Å². The van der Waals surface area contributed by atoms with Crippen molar-refractivity contribution in [1.29, 1.82) is 0 Å². The van der Waals surface area contributed by atoms with Crippen LogP contribution in [0.3, 0.4) is 0 Å². The minimum absolute atomic E-state index is 0.314. The lowest BCUT2D eigenvalue weighted by Gasteiger charge is -2.16. The highest BCUT2D eigenvalue weighted by molar-refractivity contribution is 9.10. The molecule has 0 aromatic heterocycles. The monoisotopic (exact) mass is 361 g/mol. The standard InChI is InChI=1S/C14H11BrCl2FN/c1-7-4-9(11(16)6-13(7)18)14(19)8-2-3-10(15)12(17)5-8/h2-6,14H,19H2,1H3. The molecule has 0 aliphatic rings. The first-order valence-electron chi connectivity index (χ1n) is 5.56. The summed E-state index contributed by atoms with van der Waals surface area (Å²) in [6, 6.07) is 7.95. The van der Waals surface area contributed by atoms with Crippen LogP contribution in [0.25, 0.3) is 0 Å². The van der Waals surface area contributed by atoms with E-state index in [0.717, 1.165) is 10.0 Å². The zero-order valence-electron chi connectivity index (χ0n) is 10.1. The van der Waals surface area contributed by atoms with Gasteiger partial charge in [-0.1, -0.05) is 29.3 Å². The summed E-state index contributed by atoms with van der Waals surface area (Å²) in [5, 5.41) is 0.887. The van der Waals surface area contributed by atoms with Gasteiger partial charge >= 0.3 is 0 Å². The van der Waals surface area contributed by atoms with E-state index in [1.165, 1.54) is 6.07 Å². The first-order valence-corrected chi connectivity index (χ1v) is 7.11. The van der Waals surface area contributed by atoms with Crippen LogP contribution in [0.15, 0.2) is 34.8 Å². The average molecular weight is 363 g/mol. The van der Waals surface area contributed by atoms with E-state index < -0.39 is 6.04 Å². The van der Waals surface area contributed by atoms with Crippen molar-refractivity contribution in [3.8, 4) is 0 Å². The Kier molecular flexibility index (Phi) is 4.51. The second-order valence-corrected chi connectivity index (χ2v) is 5.94. The second-order valence-electron chi connectivity index (χ2n) is 4.27. The predicted molar refractivity (Wildman–Crippen MR) is 81.3 cm³/mol. The summed E-state index contributed by atoms with van der Waals surface area (Å²) in [6.07, 6.45) is 0. The van der Waals surface area contributed by atoms with Crippen molar-refractivity contribution < 1.29 is 4.39 Å². The minimum atomic E-state index is -0.447. The van der Waals surface area contributed by atoms with E-state index in [1.54, 1.807) is 19.1 Å². The van der Waals surface area contributed by atoms with Crippen LogP contribution >= 0.6 is 39.1 Å². The van der Waals surface area contributed by atoms with Gasteiger partial charge in [0.05, 0.1) is 11.1 Å². The molecule has 0 aliphatic carbocycles. The normalized spacial score (nSPS) is 12.5. The fourth-order valence-corrected chi connectivity index (χ4v) is 2.51. The third-order valence-corrected chi connectivity index (χ3v) is 4.48. The van der Waals surface area contributed by atoms with E-state index in [1.807, 2.05) is 12.1 Å². The Morgan fingerprint density at radius 3 is 2.47 bits per heavy atom. The number of aryl methyl sites for hydroxylation is 1. The van der Waals surface area contributed by atoms with Crippen molar-refractivity contribution in [2.24, 2.45) is 5.73 Å². The molecule has 0 aliphatic heterocycles. The summed E-state index contributed by atoms with van der Waals surface area (Å²) in [5.41, 5.74) is 8.19. The van der Waals surface area contributed by atoms with Crippen molar-refractivity contribution in [2.45, 2.75) is 13.0 Å². The van der Waals surface area contributed by atoms with Gasteiger partial charge < -0.3 is 5.73 Å². The molecule has 19 heavy (non-hydrogen) atoms. The quantitative estimate of drug-likeness (QED) is 0.775. The van der Waals surface area contributed by atoms with Crippen LogP contribution in [0, 0.1) is 12.7 Å². The summed E-state index contributed by atoms with van der Waals surface area (Å²) in [5.74, 6) is -0.338. The largest absolute Gasteiger partial charge is 0.320 e. The molecule has 2 N–H and O–H groups in total. The lowest BCUT2D eigenvalue weighted by Crippen LogP contribution is -2.13. The van der Waals surface area contributed by atoms with Crippen LogP contribution in [-0.2, 0) is 0 Å². The SMILES string of the molecule is Cc1cc(C(N)c2ccc(Br)c(Cl)c2)c(Cl)cc1F. The maximum atomic E-state index is 13.4. The molecule has 100 valence electrons. The van der Waals surface area contributed by atoms with Crippen LogP contribution in [0.5, 0.6) is 0 Å². The highest BCUT2D eigenvalue weighted by Crippen LogP contribution is 2.32. The van der Waals surface area contributed by atoms with Gasteiger partial charge in [-0.05, 0) is 63.8 Å². The molecule has 0 saturated heterocycles. The number of hydrogen-bond acceptors (Lipinski definition) is 1. The lowest BCUT2D eigenvalue weighted by molar-refractivity contribution is 0.617. The molecule has 0 saturated carbocycles. The van der Waals surface area contributed by atoms with Crippen molar-refractivity contribution in [1.82, 2.24) is 0 Å². The van der Waals surface area contributed by atoms with Gasteiger partial charge in [-0.2, -0.15) is 0 Å². The number of benzene rings is 2. The van der Waals surface area contributed by atoms with Crippen LogP contribution in [-0.4, -0.2) is 0 Å². The first kappa shape index (κ1) is 14.8. The Hall–Kier alpha value is -0.610. The third kappa shape index (κ3) is 3.11. The molecule has 2 rings (SSSR count). The van der Waals surface area contributed by atoms with Crippen LogP contribution in [0.4, 0.5) is 4.39 Å². The van der Waals surface area contributed by atoms with Crippen molar-refractivity contribution in [2.75, 3.05) is 0 Å². The van der Waals surface area contributed by atoms with Crippen molar-refractivity contribution >= 4 is 39.1 Å². The second kappa shape index (κ2) is 5.80. The molecule has 1 unspecified atom stereocenters. The molecule has 0 amide bonds. The van der Waals surface area contributed by atoms with Gasteiger partial charge in [0.1, 0.15) is 5.82 Å². The topological polar surface area (TPSA) is 26.0 Å². The first-order chi connectivity index (χ1) is 8.90. The Balaban J connectivity index is 2.46. The molecule has 0 fully saturated rings. The zero-order valence-corrected chi connectivity index (χ0v) is 13.2. The molecular weight excluding hydrogens is 352 g/mol. The molecule has 0 heterocycles. The third-order valence-electron chi connectivity index (χ3n) is 2.92. The molecule has 2 aromatic carbocycles. The number of halogens is 4. The van der Waals surface area contributed by atoms with Gasteiger partial charge in [0.2, 0.25) is 0 Å². The molecule has 0 bridgehead atoms. The van der Waals surface area contributed by atoms with E-state index in [4.69, 9.17) is 28.9 Å². The highest BCUT2D eigenvalue weighted by Gasteiger charge is 2.15. The fourth-order valence-electron chi connectivity index (χ4n) is 1.80. The van der Waals surface area contributed by atoms with E-state index in [2.05, 4.69) is 15.9 Å². The Morgan fingerprint density at radius 2 is 1.84 bits per heavy atom. The number of rotatable bonds is 2. The molecular formula is C14H11BrCl2FN. The van der Waals surface area contributed by atoms with Crippen LogP contribution < -0.4 is 5.73 Å². The van der Waals surface area contributed by atoms with Gasteiger partial charge in [0.15, 0.2) is 0 Å². The van der Waals surface area contributed by atoms with Crippen LogP contribution in [0.2, 0.25) is 10.0 Å². The van der Waals surface area contributed by atoms with E-state index in [9.17, 15) is 4.39 Å². The van der Waals surface area contributed by atoms with E-state index >= 15 is 0 Å². The average Bonchev–Trinajstić information content (AvgIpc) is 2.36. The Bertz CT molecular complexity index is 631. The summed E-state index contributed by atoms with van der Waals surface area (Å²) in [6.45, 7) is 1.68. The molecule has 2 aromatic rings. The predicted octanol–water partition coefficient (Wildman–Crippen LogP) is 5.25. The summed E-state index contributed by atoms with van der Waals surface area (Å²) < 4.78 is 14.2. The smallest absolute Gasteiger partial charge is 0.127 e. The summed E-state index contributed by atoms with van der Waals surface area (Å²) in [7, 11) is 0. The van der Waals surface area contributed by atoms with Gasteiger partial charge in [-0.15, -0.1) is 0 Å². The molecule has 1 atom stereocenters. The van der Waals surface area contributed by atoms with Gasteiger partial charge in [-0.25, -0.2) is 4.39 Å². The zero-order chi connectivity index (χ0) is 14.2. The van der Waals surface area contributed by atoms with Gasteiger partial charge in [0.25, 0.3) is 0 Å². The number of hydrogen-bond donors (Lipinski definition) is 1. The molecule has 5 heteroatoms. The van der Waals surface area contributed by atoms with E-state index in [0.29, 0.717) is 21.2 Å². The molecule has 1 nitrogen and oxygen atoms in total. The minimum Gasteiger partial charge on any atom is -0.320 e. The summed E-state index contributed by atoms with van der Waals surface area (Å²) >= 11 is 15.4. The maximum Gasteiger partial charge on any atom is 0.127 e. The molecule has 0 spiro atoms. The highest BCUT2D eigenvalue weighted by atomic mass is 79.9. The van der Waals surface area contributed by atoms with Crippen LogP contribution in [0.1, 0.15) is 22.7 Å². The fraction of sp³-hybridized carbons (Fsp3) is 0.143. The van der Waals surface area contributed by atoms with E-state index in [-0.39, 0.29) is 5.82 Å².